The summed E-state index contributed by atoms with van der Waals surface area (Å²) >= 11 is 0. The van der Waals surface area contributed by atoms with Gasteiger partial charge in [-0.25, -0.2) is 4.98 Å². The largest absolute Gasteiger partial charge is 0.335 e. The van der Waals surface area contributed by atoms with Crippen LogP contribution in [0.15, 0.2) is 48.8 Å². The number of para-hydroxylation sites is 1. The number of nitrogens with zero attached hydrogens (tertiary/aromatic N) is 3. The molecule has 0 amide bonds. The van der Waals surface area contributed by atoms with Gasteiger partial charge < -0.3 is 10.3 Å². The van der Waals surface area contributed by atoms with E-state index in [1.807, 2.05) is 36.7 Å². The quantitative estimate of drug-likeness (QED) is 0.781. The van der Waals surface area contributed by atoms with Crippen LogP contribution >= 0.6 is 0 Å². The summed E-state index contributed by atoms with van der Waals surface area (Å²) in [5, 5.41) is 1.14. The lowest BCUT2D eigenvalue weighted by molar-refractivity contribution is 0.593. The lowest BCUT2D eigenvalue weighted by Gasteiger charge is -2.13. The highest BCUT2D eigenvalue weighted by Gasteiger charge is 2.12. The summed E-state index contributed by atoms with van der Waals surface area (Å²) in [5.41, 5.74) is 8.23. The molecule has 0 aliphatic rings. The SMILES string of the molecule is CCCn1ccnc1CC(N)c1ccc2ccccc2n1. The van der Waals surface area contributed by atoms with Gasteiger partial charge in [0.1, 0.15) is 5.82 Å². The molecular weight excluding hydrogens is 260 g/mol. The molecule has 0 aliphatic carbocycles. The maximum atomic E-state index is 6.33. The molecule has 21 heavy (non-hydrogen) atoms. The molecule has 0 fully saturated rings. The zero-order valence-corrected chi connectivity index (χ0v) is 12.2. The molecule has 0 bridgehead atoms. The van der Waals surface area contributed by atoms with E-state index in [1.165, 1.54) is 0 Å². The Labute approximate surface area is 124 Å². The second-order valence-corrected chi connectivity index (χ2v) is 5.28. The van der Waals surface area contributed by atoms with E-state index in [0.29, 0.717) is 6.42 Å². The fraction of sp³-hybridized carbons (Fsp3) is 0.294. The van der Waals surface area contributed by atoms with Crippen LogP contribution in [-0.2, 0) is 13.0 Å². The molecule has 0 spiro atoms. The first-order valence-corrected chi connectivity index (χ1v) is 7.39. The van der Waals surface area contributed by atoms with Crippen LogP contribution in [0.2, 0.25) is 0 Å². The molecule has 2 heterocycles. The Bertz CT molecular complexity index is 732. The second-order valence-electron chi connectivity index (χ2n) is 5.28. The van der Waals surface area contributed by atoms with E-state index in [1.54, 1.807) is 0 Å². The van der Waals surface area contributed by atoms with Crippen molar-refractivity contribution in [1.82, 2.24) is 14.5 Å². The minimum absolute atomic E-state index is 0.132. The molecule has 1 atom stereocenters. The van der Waals surface area contributed by atoms with Crippen LogP contribution in [0.1, 0.15) is 30.9 Å². The average Bonchev–Trinajstić information content (AvgIpc) is 2.94. The first-order chi connectivity index (χ1) is 10.3. The van der Waals surface area contributed by atoms with Gasteiger partial charge in [-0.05, 0) is 18.6 Å². The Balaban J connectivity index is 1.83. The van der Waals surface area contributed by atoms with E-state index < -0.39 is 0 Å². The van der Waals surface area contributed by atoms with Gasteiger partial charge in [-0.3, -0.25) is 4.98 Å². The van der Waals surface area contributed by atoms with Crippen LogP contribution in [0, 0.1) is 0 Å². The van der Waals surface area contributed by atoms with Crippen LogP contribution in [0.4, 0.5) is 0 Å². The Morgan fingerprint density at radius 1 is 1.19 bits per heavy atom. The fourth-order valence-electron chi connectivity index (χ4n) is 2.56. The summed E-state index contributed by atoms with van der Waals surface area (Å²) in [6.07, 6.45) is 5.65. The molecule has 3 aromatic rings. The third-order valence-corrected chi connectivity index (χ3v) is 3.67. The summed E-state index contributed by atoms with van der Waals surface area (Å²) in [5.74, 6) is 1.03. The zero-order valence-electron chi connectivity index (χ0n) is 12.2. The zero-order chi connectivity index (χ0) is 14.7. The van der Waals surface area contributed by atoms with Gasteiger partial charge in [-0.2, -0.15) is 0 Å². The standard InChI is InChI=1S/C17H20N4/c1-2-10-21-11-9-19-17(21)12-14(18)16-8-7-13-5-3-4-6-15(13)20-16/h3-9,11,14H,2,10,12,18H2,1H3. The maximum Gasteiger partial charge on any atom is 0.110 e. The topological polar surface area (TPSA) is 56.7 Å². The van der Waals surface area contributed by atoms with E-state index in [9.17, 15) is 0 Å². The first-order valence-electron chi connectivity index (χ1n) is 7.39. The molecule has 1 unspecified atom stereocenters. The van der Waals surface area contributed by atoms with Gasteiger partial charge >= 0.3 is 0 Å². The molecule has 108 valence electrons. The third-order valence-electron chi connectivity index (χ3n) is 3.67. The number of aryl methyl sites for hydroxylation is 1. The van der Waals surface area contributed by atoms with Crippen molar-refractivity contribution in [3.8, 4) is 0 Å². The molecule has 0 radical (unpaired) electrons. The number of pyridine rings is 1. The predicted molar refractivity (Wildman–Crippen MR) is 84.9 cm³/mol. The fourth-order valence-corrected chi connectivity index (χ4v) is 2.56. The molecule has 3 rings (SSSR count). The second kappa shape index (κ2) is 6.06. The van der Waals surface area contributed by atoms with Crippen LogP contribution < -0.4 is 5.73 Å². The van der Waals surface area contributed by atoms with Gasteiger partial charge in [0.2, 0.25) is 0 Å². The Morgan fingerprint density at radius 3 is 2.90 bits per heavy atom. The molecule has 4 nitrogen and oxygen atoms in total. The van der Waals surface area contributed by atoms with Crippen molar-refractivity contribution in [2.24, 2.45) is 5.73 Å². The Hall–Kier alpha value is -2.20. The summed E-state index contributed by atoms with van der Waals surface area (Å²) in [6, 6.07) is 12.1. The monoisotopic (exact) mass is 280 g/mol. The first kappa shape index (κ1) is 13.8. The molecule has 2 aromatic heterocycles. The van der Waals surface area contributed by atoms with Crippen molar-refractivity contribution >= 4 is 10.9 Å². The predicted octanol–water partition coefficient (Wildman–Crippen LogP) is 3.08. The summed E-state index contributed by atoms with van der Waals surface area (Å²) in [6.45, 7) is 3.14. The van der Waals surface area contributed by atoms with Gasteiger partial charge in [0.25, 0.3) is 0 Å². The summed E-state index contributed by atoms with van der Waals surface area (Å²) in [7, 11) is 0. The van der Waals surface area contributed by atoms with Gasteiger partial charge in [0.15, 0.2) is 0 Å². The number of hydrogen-bond donors (Lipinski definition) is 1. The highest BCUT2D eigenvalue weighted by atomic mass is 15.1. The molecule has 0 aliphatic heterocycles. The minimum Gasteiger partial charge on any atom is -0.335 e. The van der Waals surface area contributed by atoms with Gasteiger partial charge in [0.05, 0.1) is 17.3 Å². The van der Waals surface area contributed by atoms with Crippen molar-refractivity contribution in [1.29, 1.82) is 0 Å². The van der Waals surface area contributed by atoms with Gasteiger partial charge in [-0.15, -0.1) is 0 Å². The molecule has 4 heteroatoms. The number of fused-ring (bicyclic) bond motifs is 1. The van der Waals surface area contributed by atoms with Crippen molar-refractivity contribution in [2.45, 2.75) is 32.4 Å². The highest BCUT2D eigenvalue weighted by Crippen LogP contribution is 2.18. The van der Waals surface area contributed by atoms with Crippen LogP contribution in [0.5, 0.6) is 0 Å². The highest BCUT2D eigenvalue weighted by molar-refractivity contribution is 5.78. The normalized spacial score (nSPS) is 12.7. The molecular formula is C17H20N4. The van der Waals surface area contributed by atoms with E-state index in [0.717, 1.165) is 35.4 Å². The van der Waals surface area contributed by atoms with Crippen LogP contribution in [-0.4, -0.2) is 14.5 Å². The molecule has 1 aromatic carbocycles. The molecule has 0 saturated heterocycles. The Kier molecular flexibility index (Phi) is 3.97. The number of imidazole rings is 1. The number of hydrogen-bond acceptors (Lipinski definition) is 3. The van der Waals surface area contributed by atoms with E-state index in [-0.39, 0.29) is 6.04 Å². The smallest absolute Gasteiger partial charge is 0.110 e. The maximum absolute atomic E-state index is 6.33. The van der Waals surface area contributed by atoms with Crippen molar-refractivity contribution in [3.05, 3.63) is 60.3 Å². The van der Waals surface area contributed by atoms with Crippen molar-refractivity contribution in [2.75, 3.05) is 0 Å². The minimum atomic E-state index is -0.132. The van der Waals surface area contributed by atoms with Crippen molar-refractivity contribution < 1.29 is 0 Å². The number of nitrogens with two attached hydrogens (primary N) is 1. The van der Waals surface area contributed by atoms with E-state index in [4.69, 9.17) is 5.73 Å². The Morgan fingerprint density at radius 2 is 2.05 bits per heavy atom. The lowest BCUT2D eigenvalue weighted by Crippen LogP contribution is -2.17. The van der Waals surface area contributed by atoms with Crippen molar-refractivity contribution in [3.63, 3.8) is 0 Å². The number of benzene rings is 1. The van der Waals surface area contributed by atoms with Crippen LogP contribution in [0.3, 0.4) is 0 Å². The average molecular weight is 280 g/mol. The van der Waals surface area contributed by atoms with Crippen LogP contribution in [0.25, 0.3) is 10.9 Å². The third kappa shape index (κ3) is 2.95. The van der Waals surface area contributed by atoms with Gasteiger partial charge in [-0.1, -0.05) is 31.2 Å². The molecule has 0 saturated carbocycles. The van der Waals surface area contributed by atoms with E-state index in [2.05, 4.69) is 33.6 Å². The number of aromatic nitrogens is 3. The number of rotatable bonds is 5. The summed E-state index contributed by atoms with van der Waals surface area (Å²) in [4.78, 5) is 9.09. The van der Waals surface area contributed by atoms with E-state index >= 15 is 0 Å². The lowest BCUT2D eigenvalue weighted by atomic mass is 10.1. The van der Waals surface area contributed by atoms with Gasteiger partial charge in [0, 0.05) is 30.7 Å². The molecule has 2 N–H and O–H groups in total. The summed E-state index contributed by atoms with van der Waals surface area (Å²) < 4.78 is 2.17.